The summed E-state index contributed by atoms with van der Waals surface area (Å²) in [5.74, 6) is -1.66. The Morgan fingerprint density at radius 3 is 2.19 bits per heavy atom. The molecule has 6 heteroatoms. The number of primary amides is 1. The summed E-state index contributed by atoms with van der Waals surface area (Å²) in [7, 11) is 0. The molecule has 36 heavy (non-hydrogen) atoms. The fraction of sp³-hybridized carbons (Fsp3) is 0.133. The summed E-state index contributed by atoms with van der Waals surface area (Å²) in [5.41, 5.74) is 11.1. The van der Waals surface area contributed by atoms with E-state index in [1.54, 1.807) is 19.1 Å². The Morgan fingerprint density at radius 1 is 0.861 bits per heavy atom. The van der Waals surface area contributed by atoms with Crippen LogP contribution >= 0.6 is 0 Å². The zero-order valence-electron chi connectivity index (χ0n) is 19.8. The van der Waals surface area contributed by atoms with E-state index in [4.69, 9.17) is 10.5 Å². The monoisotopic (exact) mass is 478 g/mol. The predicted octanol–water partition coefficient (Wildman–Crippen LogP) is 5.77. The van der Waals surface area contributed by atoms with Crippen LogP contribution in [-0.4, -0.2) is 28.2 Å². The van der Waals surface area contributed by atoms with E-state index in [-0.39, 0.29) is 6.61 Å². The molecule has 0 saturated carbocycles. The number of hydrogen-bond donors (Lipinski definition) is 2. The molecule has 1 amide bonds. The van der Waals surface area contributed by atoms with Gasteiger partial charge in [0.15, 0.2) is 6.10 Å². The smallest absolute Gasteiger partial charge is 0.337 e. The van der Waals surface area contributed by atoms with Crippen molar-refractivity contribution in [2.24, 2.45) is 5.73 Å². The first-order valence-corrected chi connectivity index (χ1v) is 11.8. The number of carbonyl (C=O) groups is 2. The van der Waals surface area contributed by atoms with Crippen LogP contribution in [0.2, 0.25) is 0 Å². The van der Waals surface area contributed by atoms with Gasteiger partial charge in [-0.1, -0.05) is 66.7 Å². The van der Waals surface area contributed by atoms with Crippen molar-refractivity contribution in [1.82, 2.24) is 4.57 Å². The summed E-state index contributed by atoms with van der Waals surface area (Å²) >= 11 is 0. The van der Waals surface area contributed by atoms with Crippen molar-refractivity contribution in [1.29, 1.82) is 0 Å². The minimum atomic E-state index is -1.21. The molecule has 0 bridgehead atoms. The summed E-state index contributed by atoms with van der Waals surface area (Å²) in [6.45, 7) is 2.52. The van der Waals surface area contributed by atoms with Gasteiger partial charge in [-0.15, -0.1) is 0 Å². The van der Waals surface area contributed by atoms with Gasteiger partial charge in [-0.25, -0.2) is 4.79 Å². The Kier molecular flexibility index (Phi) is 6.27. The first-order valence-electron chi connectivity index (χ1n) is 11.8. The second kappa shape index (κ2) is 9.68. The number of nitrogens with two attached hydrogens (primary N) is 1. The van der Waals surface area contributed by atoms with Crippen molar-refractivity contribution in [3.63, 3.8) is 0 Å². The molecule has 0 aliphatic carbocycles. The van der Waals surface area contributed by atoms with Crippen molar-refractivity contribution < 1.29 is 19.4 Å². The molecule has 180 valence electrons. The molecular weight excluding hydrogens is 452 g/mol. The summed E-state index contributed by atoms with van der Waals surface area (Å²) < 4.78 is 7.86. The Hall–Kier alpha value is -4.42. The summed E-state index contributed by atoms with van der Waals surface area (Å²) in [4.78, 5) is 24.9. The largest absolute Gasteiger partial charge is 0.479 e. The second-order valence-corrected chi connectivity index (χ2v) is 8.63. The third-order valence-electron chi connectivity index (χ3n) is 6.42. The van der Waals surface area contributed by atoms with Gasteiger partial charge in [0.1, 0.15) is 0 Å². The molecular formula is C30H26N2O4. The fourth-order valence-corrected chi connectivity index (χ4v) is 4.90. The van der Waals surface area contributed by atoms with Crippen LogP contribution < -0.4 is 5.73 Å². The van der Waals surface area contributed by atoms with Crippen molar-refractivity contribution in [3.8, 4) is 11.1 Å². The minimum absolute atomic E-state index is 0.222. The van der Waals surface area contributed by atoms with Crippen LogP contribution in [0.15, 0.2) is 91.0 Å². The van der Waals surface area contributed by atoms with Gasteiger partial charge in [0.05, 0.1) is 11.0 Å². The summed E-state index contributed by atoms with van der Waals surface area (Å²) in [5, 5.41) is 11.4. The van der Waals surface area contributed by atoms with E-state index in [9.17, 15) is 14.7 Å². The number of fused-ring (bicyclic) bond motifs is 3. The average molecular weight is 479 g/mol. The third kappa shape index (κ3) is 4.12. The van der Waals surface area contributed by atoms with E-state index in [0.717, 1.165) is 27.7 Å². The normalized spacial score (nSPS) is 12.1. The van der Waals surface area contributed by atoms with Gasteiger partial charge in [-0.2, -0.15) is 0 Å². The first-order chi connectivity index (χ1) is 17.5. The van der Waals surface area contributed by atoms with Gasteiger partial charge in [0.2, 0.25) is 5.91 Å². The molecule has 5 rings (SSSR count). The maximum Gasteiger partial charge on any atom is 0.337 e. The molecule has 0 aliphatic rings. The highest BCUT2D eigenvalue weighted by Gasteiger charge is 2.28. The lowest BCUT2D eigenvalue weighted by molar-refractivity contribution is -0.150. The van der Waals surface area contributed by atoms with Crippen LogP contribution in [0.5, 0.6) is 0 Å². The van der Waals surface area contributed by atoms with Gasteiger partial charge < -0.3 is 20.1 Å². The molecule has 0 radical (unpaired) electrons. The predicted molar refractivity (Wildman–Crippen MR) is 141 cm³/mol. The lowest BCUT2D eigenvalue weighted by atomic mass is 9.94. The Bertz CT molecular complexity index is 1570. The van der Waals surface area contributed by atoms with Crippen LogP contribution in [0.25, 0.3) is 32.9 Å². The first kappa shape index (κ1) is 23.3. The van der Waals surface area contributed by atoms with Crippen LogP contribution in [0.1, 0.15) is 34.5 Å². The number of amides is 1. The molecule has 1 heterocycles. The van der Waals surface area contributed by atoms with Gasteiger partial charge in [-0.05, 0) is 47.9 Å². The number of hydrogen-bond acceptors (Lipinski definition) is 3. The lowest BCUT2D eigenvalue weighted by Crippen LogP contribution is -2.16. The van der Waals surface area contributed by atoms with E-state index in [2.05, 4.69) is 4.57 Å². The van der Waals surface area contributed by atoms with Crippen molar-refractivity contribution in [2.45, 2.75) is 19.6 Å². The van der Waals surface area contributed by atoms with Crippen LogP contribution in [0, 0.1) is 0 Å². The maximum absolute atomic E-state index is 12.5. The molecule has 5 aromatic rings. The number of rotatable bonds is 8. The minimum Gasteiger partial charge on any atom is -0.479 e. The SMILES string of the molecule is CCOC(C(=O)O)c1cc(-c2ccccc2)cc2c1c1c(C(N)=O)cccc1n2Cc1ccccc1. The van der Waals surface area contributed by atoms with Gasteiger partial charge in [0, 0.05) is 35.1 Å². The number of carbonyl (C=O) groups excluding carboxylic acids is 1. The molecule has 0 saturated heterocycles. The van der Waals surface area contributed by atoms with Crippen LogP contribution in [0.4, 0.5) is 0 Å². The summed E-state index contributed by atoms with van der Waals surface area (Å²) in [6.07, 6.45) is -1.21. The number of aromatic nitrogens is 1. The fourth-order valence-electron chi connectivity index (χ4n) is 4.90. The zero-order valence-corrected chi connectivity index (χ0v) is 19.8. The number of benzene rings is 4. The number of aliphatic carboxylic acids is 1. The molecule has 0 fully saturated rings. The van der Waals surface area contributed by atoms with E-state index in [1.807, 2.05) is 78.9 Å². The molecule has 6 nitrogen and oxygen atoms in total. The highest BCUT2D eigenvalue weighted by atomic mass is 16.5. The standard InChI is InChI=1S/C30H26N2O4/c1-2-36-28(30(34)35)23-16-21(20-12-7-4-8-13-20)17-25-27(23)26-22(29(31)33)14-9-15-24(26)32(25)18-19-10-5-3-6-11-19/h3-17,28H,2,18H2,1H3,(H2,31,33)(H,34,35). The molecule has 0 spiro atoms. The second-order valence-electron chi connectivity index (χ2n) is 8.63. The highest BCUT2D eigenvalue weighted by Crippen LogP contribution is 2.40. The molecule has 1 atom stereocenters. The molecule has 1 unspecified atom stereocenters. The van der Waals surface area contributed by atoms with Gasteiger partial charge in [-0.3, -0.25) is 4.79 Å². The van der Waals surface area contributed by atoms with Crippen LogP contribution in [-0.2, 0) is 16.1 Å². The van der Waals surface area contributed by atoms with Gasteiger partial charge in [0.25, 0.3) is 0 Å². The van der Waals surface area contributed by atoms with E-state index in [1.165, 1.54) is 0 Å². The number of carboxylic acids is 1. The van der Waals surface area contributed by atoms with Crippen molar-refractivity contribution in [2.75, 3.05) is 6.61 Å². The van der Waals surface area contributed by atoms with E-state index >= 15 is 0 Å². The molecule has 1 aromatic heterocycles. The van der Waals surface area contributed by atoms with Crippen molar-refractivity contribution >= 4 is 33.7 Å². The number of carboxylic acid groups (broad SMARTS) is 1. The van der Waals surface area contributed by atoms with E-state index in [0.29, 0.717) is 28.4 Å². The lowest BCUT2D eigenvalue weighted by Gasteiger charge is -2.17. The topological polar surface area (TPSA) is 94.6 Å². The average Bonchev–Trinajstić information content (AvgIpc) is 3.21. The Balaban J connectivity index is 1.94. The maximum atomic E-state index is 12.5. The zero-order chi connectivity index (χ0) is 25.2. The van der Waals surface area contributed by atoms with Gasteiger partial charge >= 0.3 is 5.97 Å². The number of nitrogens with zero attached hydrogens (tertiary/aromatic N) is 1. The number of ether oxygens (including phenoxy) is 1. The van der Waals surface area contributed by atoms with Crippen LogP contribution in [0.3, 0.4) is 0 Å². The molecule has 3 N–H and O–H groups in total. The molecule has 0 aliphatic heterocycles. The Morgan fingerprint density at radius 2 is 1.56 bits per heavy atom. The van der Waals surface area contributed by atoms with E-state index < -0.39 is 18.0 Å². The summed E-state index contributed by atoms with van der Waals surface area (Å²) in [6, 6.07) is 29.1. The van der Waals surface area contributed by atoms with Crippen molar-refractivity contribution in [3.05, 3.63) is 108 Å². The quantitative estimate of drug-likeness (QED) is 0.296. The Labute approximate surface area is 208 Å². The highest BCUT2D eigenvalue weighted by molar-refractivity contribution is 6.20. The molecule has 4 aromatic carbocycles. The third-order valence-corrected chi connectivity index (χ3v) is 6.42.